The molecular weight excluding hydrogens is 294 g/mol. The van der Waals surface area contributed by atoms with Crippen molar-refractivity contribution in [2.75, 3.05) is 19.7 Å². The zero-order valence-corrected chi connectivity index (χ0v) is 16.5. The average molecular weight is 332 g/mol. The zero-order valence-electron chi connectivity index (χ0n) is 16.5. The molecule has 2 aliphatic rings. The summed E-state index contributed by atoms with van der Waals surface area (Å²) in [5.74, 6) is 2.65. The van der Waals surface area contributed by atoms with Crippen LogP contribution in [0.15, 0.2) is 34.8 Å². The van der Waals surface area contributed by atoms with Crippen molar-refractivity contribution < 1.29 is 4.74 Å². The molecule has 1 aliphatic heterocycles. The largest absolute Gasteiger partial charge is 0.494 e. The van der Waals surface area contributed by atoms with Gasteiger partial charge in [-0.1, -0.05) is 40.2 Å². The monoisotopic (exact) mass is 331 g/mol. The smallest absolute Gasteiger partial charge is 0.118 e. The summed E-state index contributed by atoms with van der Waals surface area (Å²) in [4.78, 5) is 2.65. The topological polar surface area (TPSA) is 12.5 Å². The molecule has 136 valence electrons. The summed E-state index contributed by atoms with van der Waals surface area (Å²) in [6.07, 6.45) is 12.0. The van der Waals surface area contributed by atoms with Gasteiger partial charge < -0.3 is 9.64 Å². The van der Waals surface area contributed by atoms with Crippen molar-refractivity contribution in [3.63, 3.8) is 0 Å². The minimum atomic E-state index is 0.764. The van der Waals surface area contributed by atoms with Crippen molar-refractivity contribution in [3.05, 3.63) is 34.8 Å². The molecular formula is C22H37NO. The van der Waals surface area contributed by atoms with E-state index in [1.165, 1.54) is 49.2 Å². The Kier molecular flexibility index (Phi) is 7.45. The summed E-state index contributed by atoms with van der Waals surface area (Å²) < 4.78 is 6.00. The maximum absolute atomic E-state index is 6.00. The Balaban J connectivity index is 2.17. The fourth-order valence-corrected chi connectivity index (χ4v) is 3.84. The molecule has 0 aromatic rings. The molecule has 2 rings (SSSR count). The van der Waals surface area contributed by atoms with E-state index in [1.807, 2.05) is 0 Å². The second-order valence-corrected chi connectivity index (χ2v) is 7.89. The van der Waals surface area contributed by atoms with Gasteiger partial charge in [0.15, 0.2) is 0 Å². The van der Waals surface area contributed by atoms with Crippen LogP contribution in [0.1, 0.15) is 73.1 Å². The molecule has 1 heterocycles. The van der Waals surface area contributed by atoms with Crippen LogP contribution in [0.4, 0.5) is 0 Å². The van der Waals surface area contributed by atoms with Crippen molar-refractivity contribution in [3.8, 4) is 0 Å². The normalized spacial score (nSPS) is 23.0. The molecule has 2 heteroatoms. The molecule has 0 N–H and O–H groups in total. The molecule has 0 fully saturated rings. The Morgan fingerprint density at radius 2 is 2.04 bits per heavy atom. The predicted molar refractivity (Wildman–Crippen MR) is 104 cm³/mol. The van der Waals surface area contributed by atoms with Gasteiger partial charge in [0.25, 0.3) is 0 Å². The molecule has 24 heavy (non-hydrogen) atoms. The van der Waals surface area contributed by atoms with Gasteiger partial charge in [-0.3, -0.25) is 0 Å². The Bertz CT molecular complexity index is 500. The van der Waals surface area contributed by atoms with Crippen molar-refractivity contribution in [1.29, 1.82) is 0 Å². The quantitative estimate of drug-likeness (QED) is 0.535. The van der Waals surface area contributed by atoms with E-state index in [1.54, 1.807) is 0 Å². The number of rotatable bonds is 8. The van der Waals surface area contributed by atoms with Crippen LogP contribution < -0.4 is 0 Å². The lowest BCUT2D eigenvalue weighted by molar-refractivity contribution is 0.216. The minimum Gasteiger partial charge on any atom is -0.494 e. The van der Waals surface area contributed by atoms with E-state index >= 15 is 0 Å². The second-order valence-electron chi connectivity index (χ2n) is 7.89. The third kappa shape index (κ3) is 5.16. The first-order valence-corrected chi connectivity index (χ1v) is 10.0. The van der Waals surface area contributed by atoms with E-state index in [0.717, 1.165) is 43.5 Å². The van der Waals surface area contributed by atoms with Crippen LogP contribution in [0, 0.1) is 11.8 Å². The number of hydrogen-bond acceptors (Lipinski definition) is 2. The Morgan fingerprint density at radius 3 is 2.75 bits per heavy atom. The lowest BCUT2D eigenvalue weighted by atomic mass is 9.90. The van der Waals surface area contributed by atoms with Gasteiger partial charge in [0.05, 0.1) is 6.61 Å². The highest BCUT2D eigenvalue weighted by Crippen LogP contribution is 2.34. The Labute approximate surface area is 149 Å². The third-order valence-electron chi connectivity index (χ3n) is 5.19. The molecule has 2 atom stereocenters. The minimum absolute atomic E-state index is 0.764. The zero-order chi connectivity index (χ0) is 17.5. The summed E-state index contributed by atoms with van der Waals surface area (Å²) >= 11 is 0. The first kappa shape index (κ1) is 19.1. The Hall–Kier alpha value is -1.18. The molecule has 2 unspecified atom stereocenters. The highest BCUT2D eigenvalue weighted by atomic mass is 16.5. The van der Waals surface area contributed by atoms with Crippen LogP contribution in [0.25, 0.3) is 0 Å². The fourth-order valence-electron chi connectivity index (χ4n) is 3.84. The summed E-state index contributed by atoms with van der Waals surface area (Å²) in [5.41, 5.74) is 4.38. The molecule has 0 aromatic heterocycles. The molecule has 0 spiro atoms. The van der Waals surface area contributed by atoms with E-state index in [0.29, 0.717) is 0 Å². The summed E-state index contributed by atoms with van der Waals surface area (Å²) in [7, 11) is 0. The molecule has 0 saturated carbocycles. The lowest BCUT2D eigenvalue weighted by Crippen LogP contribution is -2.35. The van der Waals surface area contributed by atoms with Gasteiger partial charge in [-0.25, -0.2) is 0 Å². The summed E-state index contributed by atoms with van der Waals surface area (Å²) in [5, 5.41) is 0. The van der Waals surface area contributed by atoms with Gasteiger partial charge in [0, 0.05) is 18.8 Å². The average Bonchev–Trinajstić information content (AvgIpc) is 2.55. The first-order valence-electron chi connectivity index (χ1n) is 10.0. The van der Waals surface area contributed by atoms with Gasteiger partial charge in [-0.2, -0.15) is 0 Å². The molecule has 0 aromatic carbocycles. The highest BCUT2D eigenvalue weighted by molar-refractivity contribution is 5.40. The van der Waals surface area contributed by atoms with Crippen molar-refractivity contribution in [2.45, 2.75) is 73.1 Å². The van der Waals surface area contributed by atoms with Gasteiger partial charge in [0.1, 0.15) is 5.76 Å². The van der Waals surface area contributed by atoms with Gasteiger partial charge in [-0.05, 0) is 68.1 Å². The van der Waals surface area contributed by atoms with Crippen LogP contribution in [-0.4, -0.2) is 24.6 Å². The van der Waals surface area contributed by atoms with E-state index in [2.05, 4.69) is 51.7 Å². The standard InChI is InChI=1S/C22H37NO/c1-6-8-17(3)15-23-16-18(4)9-12-21(23)20-11-10-19(5)22(14-20)24-13-7-2/h12,14,17-18H,6-11,13,15-16H2,1-5H3. The predicted octanol–water partition coefficient (Wildman–Crippen LogP) is 6.07. The maximum atomic E-state index is 6.00. The molecule has 0 saturated heterocycles. The number of ether oxygens (including phenoxy) is 1. The third-order valence-corrected chi connectivity index (χ3v) is 5.19. The summed E-state index contributed by atoms with van der Waals surface area (Å²) in [6, 6.07) is 0. The SMILES string of the molecule is CCCOC1=C(C)CCC(C2=CCC(C)CN2CC(C)CCC)=C1. The highest BCUT2D eigenvalue weighted by Gasteiger charge is 2.24. The Morgan fingerprint density at radius 1 is 1.25 bits per heavy atom. The van der Waals surface area contributed by atoms with Crippen molar-refractivity contribution >= 4 is 0 Å². The van der Waals surface area contributed by atoms with Crippen molar-refractivity contribution in [1.82, 2.24) is 4.90 Å². The van der Waals surface area contributed by atoms with Gasteiger partial charge >= 0.3 is 0 Å². The molecule has 0 bridgehead atoms. The summed E-state index contributed by atoms with van der Waals surface area (Å²) in [6.45, 7) is 14.7. The second kappa shape index (κ2) is 9.34. The first-order chi connectivity index (χ1) is 11.5. The molecule has 0 radical (unpaired) electrons. The maximum Gasteiger partial charge on any atom is 0.118 e. The van der Waals surface area contributed by atoms with Crippen LogP contribution in [0.3, 0.4) is 0 Å². The number of nitrogens with zero attached hydrogens (tertiary/aromatic N) is 1. The van der Waals surface area contributed by atoms with Crippen molar-refractivity contribution in [2.24, 2.45) is 11.8 Å². The fraction of sp³-hybridized carbons (Fsp3) is 0.727. The molecule has 0 amide bonds. The van der Waals surface area contributed by atoms with Crippen LogP contribution in [0.5, 0.6) is 0 Å². The van der Waals surface area contributed by atoms with Crippen LogP contribution in [0.2, 0.25) is 0 Å². The van der Waals surface area contributed by atoms with E-state index in [9.17, 15) is 0 Å². The molecule has 1 aliphatic carbocycles. The van der Waals surface area contributed by atoms with Crippen LogP contribution in [-0.2, 0) is 4.74 Å². The lowest BCUT2D eigenvalue weighted by Gasteiger charge is -2.37. The van der Waals surface area contributed by atoms with E-state index < -0.39 is 0 Å². The molecule has 2 nitrogen and oxygen atoms in total. The van der Waals surface area contributed by atoms with E-state index in [4.69, 9.17) is 4.74 Å². The van der Waals surface area contributed by atoms with Gasteiger partial charge in [0.2, 0.25) is 0 Å². The van der Waals surface area contributed by atoms with Gasteiger partial charge in [-0.15, -0.1) is 0 Å². The number of allylic oxidation sites excluding steroid dienone is 4. The number of hydrogen-bond donors (Lipinski definition) is 0. The van der Waals surface area contributed by atoms with Crippen LogP contribution >= 0.6 is 0 Å². The van der Waals surface area contributed by atoms with E-state index in [-0.39, 0.29) is 0 Å².